The fourth-order valence-corrected chi connectivity index (χ4v) is 3.10. The van der Waals surface area contributed by atoms with Crippen molar-refractivity contribution in [2.24, 2.45) is 0 Å². The van der Waals surface area contributed by atoms with Crippen LogP contribution in [0.25, 0.3) is 0 Å². The number of nitrogens with one attached hydrogen (secondary N) is 4. The third-order valence-electron chi connectivity index (χ3n) is 4.87. The lowest BCUT2D eigenvalue weighted by Gasteiger charge is -2.24. The van der Waals surface area contributed by atoms with Crippen molar-refractivity contribution in [3.05, 3.63) is 29.8 Å². The van der Waals surface area contributed by atoms with E-state index in [9.17, 15) is 28.8 Å². The predicted molar refractivity (Wildman–Crippen MR) is 150 cm³/mol. The summed E-state index contributed by atoms with van der Waals surface area (Å²) in [5.74, 6) is -2.39. The first kappa shape index (κ1) is 35.7. The molecule has 1 aromatic carbocycles. The van der Waals surface area contributed by atoms with Gasteiger partial charge in [0.05, 0.1) is 13.2 Å². The molecule has 0 radical (unpaired) electrons. The molecule has 14 nitrogen and oxygen atoms in total. The average Bonchev–Trinajstić information content (AvgIpc) is 2.84. The summed E-state index contributed by atoms with van der Waals surface area (Å²) in [5, 5.41) is 9.67. The minimum Gasteiger partial charge on any atom is -0.465 e. The number of carbonyl (C=O) groups is 6. The van der Waals surface area contributed by atoms with Crippen LogP contribution in [0.5, 0.6) is 5.75 Å². The predicted octanol–water partition coefficient (Wildman–Crippen LogP) is 1.74. The van der Waals surface area contributed by atoms with Crippen LogP contribution in [-0.2, 0) is 39.8 Å². The molecule has 2 atom stereocenters. The molecule has 0 aromatic heterocycles. The minimum atomic E-state index is -1.15. The van der Waals surface area contributed by atoms with Crippen molar-refractivity contribution >= 4 is 35.9 Å². The molecule has 1 rings (SSSR count). The summed E-state index contributed by atoms with van der Waals surface area (Å²) in [4.78, 5) is 73.1. The number of ether oxygens (including phenoxy) is 4. The summed E-state index contributed by atoms with van der Waals surface area (Å²) in [6.07, 6.45) is -1.71. The Morgan fingerprint density at radius 3 is 1.93 bits per heavy atom. The monoisotopic (exact) mass is 594 g/mol. The smallest absolute Gasteiger partial charge is 0.465 e. The largest absolute Gasteiger partial charge is 0.514 e. The van der Waals surface area contributed by atoms with Crippen LogP contribution in [0.2, 0.25) is 0 Å². The SMILES string of the molecule is CCOC(=O)CNC(=O)CNC(=O)[C@H](C)NC(=O)[C@@H](Cc1ccc(OC(=O)OC(C)(C)C)cc1)NC(=O)OC(C)(C)C. The van der Waals surface area contributed by atoms with Gasteiger partial charge in [-0.15, -0.1) is 0 Å². The van der Waals surface area contributed by atoms with Gasteiger partial charge < -0.3 is 40.2 Å². The first-order valence-corrected chi connectivity index (χ1v) is 13.4. The van der Waals surface area contributed by atoms with E-state index in [1.54, 1.807) is 60.6 Å². The number of amides is 4. The van der Waals surface area contributed by atoms with E-state index >= 15 is 0 Å². The summed E-state index contributed by atoms with van der Waals surface area (Å²) >= 11 is 0. The van der Waals surface area contributed by atoms with Gasteiger partial charge in [-0.1, -0.05) is 12.1 Å². The second-order valence-corrected chi connectivity index (χ2v) is 11.1. The maximum Gasteiger partial charge on any atom is 0.514 e. The lowest BCUT2D eigenvalue weighted by molar-refractivity contribution is -0.143. The van der Waals surface area contributed by atoms with E-state index in [0.29, 0.717) is 5.56 Å². The minimum absolute atomic E-state index is 0.00238. The van der Waals surface area contributed by atoms with E-state index in [-0.39, 0.29) is 25.3 Å². The van der Waals surface area contributed by atoms with Crippen molar-refractivity contribution in [3.8, 4) is 5.75 Å². The maximum atomic E-state index is 13.1. The summed E-state index contributed by atoms with van der Waals surface area (Å²) in [5.41, 5.74) is -0.958. The van der Waals surface area contributed by atoms with Gasteiger partial charge in [-0.2, -0.15) is 0 Å². The van der Waals surface area contributed by atoms with Crippen molar-refractivity contribution in [1.29, 1.82) is 0 Å². The zero-order chi connectivity index (χ0) is 32.1. The topological polar surface area (TPSA) is 187 Å². The Bertz CT molecular complexity index is 1110. The van der Waals surface area contributed by atoms with Crippen molar-refractivity contribution in [1.82, 2.24) is 21.3 Å². The Morgan fingerprint density at radius 2 is 1.38 bits per heavy atom. The highest BCUT2D eigenvalue weighted by molar-refractivity contribution is 5.93. The third-order valence-corrected chi connectivity index (χ3v) is 4.87. The van der Waals surface area contributed by atoms with Crippen LogP contribution in [-0.4, -0.2) is 78.9 Å². The number of hydrogen-bond donors (Lipinski definition) is 4. The maximum absolute atomic E-state index is 13.1. The number of esters is 1. The van der Waals surface area contributed by atoms with Crippen molar-refractivity contribution in [2.45, 2.75) is 85.1 Å². The van der Waals surface area contributed by atoms with Gasteiger partial charge in [0.15, 0.2) is 0 Å². The molecule has 42 heavy (non-hydrogen) atoms. The van der Waals surface area contributed by atoms with Crippen molar-refractivity contribution < 1.29 is 47.7 Å². The number of alkyl carbamates (subject to hydrolysis) is 1. The number of rotatable bonds is 12. The molecule has 0 unspecified atom stereocenters. The Labute approximate surface area is 245 Å². The highest BCUT2D eigenvalue weighted by Crippen LogP contribution is 2.17. The summed E-state index contributed by atoms with van der Waals surface area (Å²) in [6.45, 7) is 12.5. The fraction of sp³-hybridized carbons (Fsp3) is 0.571. The van der Waals surface area contributed by atoms with Crippen LogP contribution in [0.4, 0.5) is 9.59 Å². The number of hydrogen-bond acceptors (Lipinski definition) is 10. The molecule has 0 saturated heterocycles. The molecule has 0 heterocycles. The molecular formula is C28H42N4O10. The second kappa shape index (κ2) is 16.2. The van der Waals surface area contributed by atoms with Gasteiger partial charge in [0, 0.05) is 6.42 Å². The van der Waals surface area contributed by atoms with Crippen LogP contribution in [0, 0.1) is 0 Å². The summed E-state index contributed by atoms with van der Waals surface area (Å²) in [7, 11) is 0. The second-order valence-electron chi connectivity index (χ2n) is 11.1. The normalized spacial score (nSPS) is 12.6. The molecular weight excluding hydrogens is 552 g/mol. The molecule has 0 aliphatic rings. The molecule has 4 N–H and O–H groups in total. The molecule has 0 aliphatic heterocycles. The highest BCUT2D eigenvalue weighted by atomic mass is 16.7. The van der Waals surface area contributed by atoms with Crippen LogP contribution in [0.3, 0.4) is 0 Å². The van der Waals surface area contributed by atoms with Gasteiger partial charge in [0.2, 0.25) is 17.7 Å². The molecule has 0 spiro atoms. The van der Waals surface area contributed by atoms with Gasteiger partial charge >= 0.3 is 18.2 Å². The number of benzene rings is 1. The van der Waals surface area contributed by atoms with Gasteiger partial charge in [0.25, 0.3) is 0 Å². The number of carbonyl (C=O) groups excluding carboxylic acids is 6. The van der Waals surface area contributed by atoms with Gasteiger partial charge in [-0.25, -0.2) is 9.59 Å². The molecule has 0 bridgehead atoms. The Hall–Kier alpha value is -4.36. The summed E-state index contributed by atoms with van der Waals surface area (Å²) in [6, 6.07) is 3.97. The van der Waals surface area contributed by atoms with E-state index in [4.69, 9.17) is 18.9 Å². The fourth-order valence-electron chi connectivity index (χ4n) is 3.10. The Morgan fingerprint density at radius 1 is 0.786 bits per heavy atom. The molecule has 0 aliphatic carbocycles. The quantitative estimate of drug-likeness (QED) is 0.158. The van der Waals surface area contributed by atoms with E-state index in [2.05, 4.69) is 21.3 Å². The zero-order valence-corrected chi connectivity index (χ0v) is 25.4. The highest BCUT2D eigenvalue weighted by Gasteiger charge is 2.27. The van der Waals surface area contributed by atoms with Crippen LogP contribution in [0.15, 0.2) is 24.3 Å². The van der Waals surface area contributed by atoms with Crippen molar-refractivity contribution in [2.75, 3.05) is 19.7 Å². The Kier molecular flexibility index (Phi) is 13.7. The molecule has 4 amide bonds. The van der Waals surface area contributed by atoms with Gasteiger partial charge in [0.1, 0.15) is 35.6 Å². The molecule has 14 heteroatoms. The third kappa shape index (κ3) is 15.4. The van der Waals surface area contributed by atoms with E-state index in [1.807, 2.05) is 0 Å². The molecule has 0 fully saturated rings. The van der Waals surface area contributed by atoms with E-state index in [1.165, 1.54) is 19.1 Å². The Balaban J connectivity index is 2.85. The zero-order valence-electron chi connectivity index (χ0n) is 25.4. The van der Waals surface area contributed by atoms with E-state index in [0.717, 1.165) is 0 Å². The average molecular weight is 595 g/mol. The molecule has 0 saturated carbocycles. The van der Waals surface area contributed by atoms with Gasteiger partial charge in [-0.05, 0) is 73.1 Å². The summed E-state index contributed by atoms with van der Waals surface area (Å²) < 4.78 is 20.2. The van der Waals surface area contributed by atoms with Crippen LogP contribution < -0.4 is 26.0 Å². The lowest BCUT2D eigenvalue weighted by atomic mass is 10.0. The first-order chi connectivity index (χ1) is 19.4. The van der Waals surface area contributed by atoms with Gasteiger partial charge in [-0.3, -0.25) is 19.2 Å². The van der Waals surface area contributed by atoms with Crippen molar-refractivity contribution in [3.63, 3.8) is 0 Å². The van der Waals surface area contributed by atoms with Crippen LogP contribution in [0.1, 0.15) is 61.0 Å². The lowest BCUT2D eigenvalue weighted by Crippen LogP contribution is -2.54. The molecule has 234 valence electrons. The van der Waals surface area contributed by atoms with Crippen LogP contribution >= 0.6 is 0 Å². The van der Waals surface area contributed by atoms with E-state index < -0.39 is 65.8 Å². The first-order valence-electron chi connectivity index (χ1n) is 13.4. The molecule has 1 aromatic rings. The standard InChI is InChI=1S/C28H42N4O10/c1-9-39-22(34)16-29-21(33)15-30-23(35)17(2)31-24(36)20(32-25(37)41-27(3,4)5)14-18-10-12-19(13-11-18)40-26(38)42-28(6,7)8/h10-13,17,20H,9,14-16H2,1-8H3,(H,29,33)(H,30,35)(H,31,36)(H,32,37)/t17-,20+/m0/s1.